The molecule has 102 valence electrons. The summed E-state index contributed by atoms with van der Waals surface area (Å²) in [5.74, 6) is 3.36. The second-order valence-electron chi connectivity index (χ2n) is 7.01. The third-order valence-electron chi connectivity index (χ3n) is 5.98. The molecule has 0 aliphatic heterocycles. The number of H-pyrrole nitrogens is 1. The van der Waals surface area contributed by atoms with Crippen molar-refractivity contribution in [2.75, 3.05) is 0 Å². The number of hydrogen-bond acceptors (Lipinski definition) is 1. The van der Waals surface area contributed by atoms with Gasteiger partial charge in [0.15, 0.2) is 0 Å². The number of carboxylic acid groups (broad SMARTS) is 1. The van der Waals surface area contributed by atoms with E-state index < -0.39 is 5.97 Å². The molecular formula is C16H21NO2. The number of aromatic amines is 1. The highest BCUT2D eigenvalue weighted by molar-refractivity contribution is 5.87. The van der Waals surface area contributed by atoms with Gasteiger partial charge >= 0.3 is 5.97 Å². The van der Waals surface area contributed by atoms with Crippen LogP contribution in [0.2, 0.25) is 0 Å². The molecule has 1 aromatic rings. The standard InChI is InChI=1S/C16H21NO2/c1-8-13(7-17-15(8)16(18)19)14-11-3-9-2-10(5-11)6-12(14)4-9/h7,9-12,14,17H,2-6H2,1H3,(H,18,19). The predicted molar refractivity (Wildman–Crippen MR) is 72.3 cm³/mol. The Morgan fingerprint density at radius 3 is 2.21 bits per heavy atom. The van der Waals surface area contributed by atoms with Crippen LogP contribution in [-0.4, -0.2) is 16.1 Å². The normalized spacial score (nSPS) is 39.7. The van der Waals surface area contributed by atoms with Crippen LogP contribution >= 0.6 is 0 Å². The number of carboxylic acids is 1. The SMILES string of the molecule is Cc1c(C2C3CC4CC(C3)CC2C4)c[nH]c1C(=O)O. The number of rotatable bonds is 2. The maximum absolute atomic E-state index is 11.2. The molecule has 0 spiro atoms. The second kappa shape index (κ2) is 3.87. The summed E-state index contributed by atoms with van der Waals surface area (Å²) in [5, 5.41) is 9.20. The van der Waals surface area contributed by atoms with Gasteiger partial charge in [-0.2, -0.15) is 0 Å². The summed E-state index contributed by atoms with van der Waals surface area (Å²) in [7, 11) is 0. The van der Waals surface area contributed by atoms with Gasteiger partial charge in [0.1, 0.15) is 5.69 Å². The summed E-state index contributed by atoms with van der Waals surface area (Å²) < 4.78 is 0. The van der Waals surface area contributed by atoms with Crippen molar-refractivity contribution >= 4 is 5.97 Å². The van der Waals surface area contributed by atoms with Crippen molar-refractivity contribution in [2.45, 2.75) is 44.9 Å². The average molecular weight is 259 g/mol. The maximum Gasteiger partial charge on any atom is 0.352 e. The summed E-state index contributed by atoms with van der Waals surface area (Å²) in [6.07, 6.45) is 8.96. The highest BCUT2D eigenvalue weighted by atomic mass is 16.4. The molecule has 4 aliphatic carbocycles. The predicted octanol–water partition coefficient (Wildman–Crippen LogP) is 3.56. The van der Waals surface area contributed by atoms with E-state index in [1.807, 2.05) is 13.1 Å². The van der Waals surface area contributed by atoms with Gasteiger partial charge in [0.2, 0.25) is 0 Å². The highest BCUT2D eigenvalue weighted by Crippen LogP contribution is 2.60. The van der Waals surface area contributed by atoms with Crippen LogP contribution < -0.4 is 0 Å². The van der Waals surface area contributed by atoms with Crippen molar-refractivity contribution in [1.82, 2.24) is 4.98 Å². The molecule has 3 nitrogen and oxygen atoms in total. The van der Waals surface area contributed by atoms with Crippen LogP contribution in [-0.2, 0) is 0 Å². The van der Waals surface area contributed by atoms with Crippen molar-refractivity contribution in [3.8, 4) is 0 Å². The van der Waals surface area contributed by atoms with E-state index in [0.717, 1.165) is 29.2 Å². The third-order valence-corrected chi connectivity index (χ3v) is 5.98. The van der Waals surface area contributed by atoms with E-state index in [2.05, 4.69) is 4.98 Å². The molecule has 4 bridgehead atoms. The Bertz CT molecular complexity index is 503. The summed E-state index contributed by atoms with van der Waals surface area (Å²) in [6.45, 7) is 1.97. The van der Waals surface area contributed by atoms with Crippen LogP contribution in [0.3, 0.4) is 0 Å². The van der Waals surface area contributed by atoms with Crippen LogP contribution in [0, 0.1) is 30.6 Å². The second-order valence-corrected chi connectivity index (χ2v) is 7.01. The zero-order valence-electron chi connectivity index (χ0n) is 11.4. The Balaban J connectivity index is 1.71. The van der Waals surface area contributed by atoms with Crippen molar-refractivity contribution in [2.24, 2.45) is 23.7 Å². The van der Waals surface area contributed by atoms with E-state index in [0.29, 0.717) is 11.6 Å². The van der Waals surface area contributed by atoms with Crippen LogP contribution in [0.15, 0.2) is 6.20 Å². The Kier molecular flexibility index (Phi) is 2.36. The molecule has 5 rings (SSSR count). The van der Waals surface area contributed by atoms with Crippen LogP contribution in [0.5, 0.6) is 0 Å². The Labute approximate surface area is 113 Å². The minimum atomic E-state index is -0.826. The van der Waals surface area contributed by atoms with Crippen LogP contribution in [0.4, 0.5) is 0 Å². The molecule has 1 aromatic heterocycles. The van der Waals surface area contributed by atoms with Crippen LogP contribution in [0.1, 0.15) is 59.6 Å². The van der Waals surface area contributed by atoms with Gasteiger partial charge in [-0.1, -0.05) is 0 Å². The lowest BCUT2D eigenvalue weighted by atomic mass is 9.50. The van der Waals surface area contributed by atoms with E-state index >= 15 is 0 Å². The molecule has 2 N–H and O–H groups in total. The number of nitrogens with one attached hydrogen (secondary N) is 1. The molecular weight excluding hydrogens is 238 g/mol. The summed E-state index contributed by atoms with van der Waals surface area (Å²) in [4.78, 5) is 14.2. The molecule has 0 amide bonds. The molecule has 0 radical (unpaired) electrons. The molecule has 19 heavy (non-hydrogen) atoms. The lowest BCUT2D eigenvalue weighted by molar-refractivity contribution is -0.00294. The molecule has 4 fully saturated rings. The maximum atomic E-state index is 11.2. The molecule has 0 atom stereocenters. The van der Waals surface area contributed by atoms with Crippen molar-refractivity contribution in [3.05, 3.63) is 23.0 Å². The smallest absolute Gasteiger partial charge is 0.352 e. The van der Waals surface area contributed by atoms with Crippen molar-refractivity contribution in [1.29, 1.82) is 0 Å². The van der Waals surface area contributed by atoms with E-state index in [1.54, 1.807) is 0 Å². The Morgan fingerprint density at radius 2 is 1.74 bits per heavy atom. The zero-order chi connectivity index (χ0) is 13.1. The molecule has 0 aromatic carbocycles. The van der Waals surface area contributed by atoms with Gasteiger partial charge in [-0.25, -0.2) is 4.79 Å². The fourth-order valence-electron chi connectivity index (χ4n) is 5.51. The lowest BCUT2D eigenvalue weighted by Crippen LogP contribution is -2.43. The van der Waals surface area contributed by atoms with Crippen LogP contribution in [0.25, 0.3) is 0 Å². The minimum Gasteiger partial charge on any atom is -0.477 e. The quantitative estimate of drug-likeness (QED) is 0.853. The first kappa shape index (κ1) is 11.6. The lowest BCUT2D eigenvalue weighted by Gasteiger charge is -2.54. The fourth-order valence-corrected chi connectivity index (χ4v) is 5.51. The van der Waals surface area contributed by atoms with Gasteiger partial charge in [-0.05, 0) is 79.7 Å². The van der Waals surface area contributed by atoms with Gasteiger partial charge in [-0.15, -0.1) is 0 Å². The summed E-state index contributed by atoms with van der Waals surface area (Å²) >= 11 is 0. The van der Waals surface area contributed by atoms with Gasteiger partial charge in [0.05, 0.1) is 0 Å². The van der Waals surface area contributed by atoms with Gasteiger partial charge in [-0.3, -0.25) is 0 Å². The summed E-state index contributed by atoms with van der Waals surface area (Å²) in [6, 6.07) is 0. The van der Waals surface area contributed by atoms with Gasteiger partial charge < -0.3 is 10.1 Å². The van der Waals surface area contributed by atoms with E-state index in [9.17, 15) is 9.90 Å². The average Bonchev–Trinajstić information content (AvgIpc) is 2.70. The first-order chi connectivity index (χ1) is 9.13. The number of aromatic carboxylic acids is 1. The van der Waals surface area contributed by atoms with E-state index in [4.69, 9.17) is 0 Å². The minimum absolute atomic E-state index is 0.392. The van der Waals surface area contributed by atoms with Crippen molar-refractivity contribution in [3.63, 3.8) is 0 Å². The third kappa shape index (κ3) is 1.60. The largest absolute Gasteiger partial charge is 0.477 e. The number of carbonyl (C=O) groups is 1. The van der Waals surface area contributed by atoms with Gasteiger partial charge in [0.25, 0.3) is 0 Å². The highest BCUT2D eigenvalue weighted by Gasteiger charge is 2.49. The first-order valence-corrected chi connectivity index (χ1v) is 7.54. The fraction of sp³-hybridized carbons (Fsp3) is 0.688. The topological polar surface area (TPSA) is 53.1 Å². The monoisotopic (exact) mass is 259 g/mol. The number of aromatic nitrogens is 1. The van der Waals surface area contributed by atoms with Crippen molar-refractivity contribution < 1.29 is 9.90 Å². The molecule has 3 heteroatoms. The molecule has 4 saturated carbocycles. The Morgan fingerprint density at radius 1 is 1.16 bits per heavy atom. The first-order valence-electron chi connectivity index (χ1n) is 7.54. The molecule has 1 heterocycles. The van der Waals surface area contributed by atoms with E-state index in [1.165, 1.54) is 37.7 Å². The molecule has 4 aliphatic rings. The summed E-state index contributed by atoms with van der Waals surface area (Å²) in [5.41, 5.74) is 2.67. The molecule has 0 saturated heterocycles. The zero-order valence-corrected chi connectivity index (χ0v) is 11.4. The Hall–Kier alpha value is -1.25. The number of hydrogen-bond donors (Lipinski definition) is 2. The van der Waals surface area contributed by atoms with Gasteiger partial charge in [0, 0.05) is 6.20 Å². The molecule has 0 unspecified atom stereocenters. The van der Waals surface area contributed by atoms with E-state index in [-0.39, 0.29) is 0 Å².